The second-order valence-electron chi connectivity index (χ2n) is 7.74. The van der Waals surface area contributed by atoms with Gasteiger partial charge >= 0.3 is 0 Å². The number of aromatic nitrogens is 2. The van der Waals surface area contributed by atoms with Gasteiger partial charge in [0.05, 0.1) is 6.04 Å². The van der Waals surface area contributed by atoms with Gasteiger partial charge in [0.2, 0.25) is 5.82 Å². The predicted octanol–water partition coefficient (Wildman–Crippen LogP) is 5.38. The van der Waals surface area contributed by atoms with Crippen molar-refractivity contribution in [1.29, 1.82) is 0 Å². The lowest BCUT2D eigenvalue weighted by molar-refractivity contribution is 0.0174. The Balaban J connectivity index is 1.53. The Labute approximate surface area is 173 Å². The number of nitrogens with zero attached hydrogens (tertiary/aromatic N) is 3. The molecule has 0 spiro atoms. The maximum atomic E-state index is 15.2. The quantitative estimate of drug-likeness (QED) is 0.677. The van der Waals surface area contributed by atoms with Gasteiger partial charge in [-0.3, -0.25) is 0 Å². The maximum Gasteiger partial charge on any atom is 0.270 e. The molecule has 2 aliphatic rings. The van der Waals surface area contributed by atoms with Crippen molar-refractivity contribution in [1.82, 2.24) is 9.97 Å². The Hall–Kier alpha value is -1.96. The van der Waals surface area contributed by atoms with Crippen molar-refractivity contribution in [2.75, 3.05) is 29.1 Å². The maximum absolute atomic E-state index is 15.2. The first-order chi connectivity index (χ1) is 13.9. The molecule has 0 bridgehead atoms. The second-order valence-corrected chi connectivity index (χ2v) is 9.15. The second kappa shape index (κ2) is 8.42. The highest BCUT2D eigenvalue weighted by Crippen LogP contribution is 2.38. The van der Waals surface area contributed by atoms with Gasteiger partial charge in [0.1, 0.15) is 6.33 Å². The first kappa shape index (κ1) is 20.3. The van der Waals surface area contributed by atoms with Crippen LogP contribution in [0, 0.1) is 5.82 Å². The molecule has 1 aromatic carbocycles. The monoisotopic (exact) mass is 422 g/mol. The Kier molecular flexibility index (Phi) is 5.90. The highest BCUT2D eigenvalue weighted by Gasteiger charge is 2.31. The Morgan fingerprint density at radius 2 is 1.97 bits per heavy atom. The van der Waals surface area contributed by atoms with Crippen LogP contribution in [0.4, 0.5) is 24.8 Å². The van der Waals surface area contributed by atoms with E-state index in [1.54, 1.807) is 12.1 Å². The summed E-state index contributed by atoms with van der Waals surface area (Å²) in [6.45, 7) is 2.25. The molecular weight excluding hydrogens is 397 g/mol. The first-order valence-corrected chi connectivity index (χ1v) is 11.1. The van der Waals surface area contributed by atoms with Gasteiger partial charge in [0.15, 0.2) is 11.6 Å². The third kappa shape index (κ3) is 4.47. The van der Waals surface area contributed by atoms with Gasteiger partial charge < -0.3 is 10.2 Å². The average Bonchev–Trinajstić information content (AvgIpc) is 3.39. The van der Waals surface area contributed by atoms with Gasteiger partial charge in [0, 0.05) is 30.8 Å². The summed E-state index contributed by atoms with van der Waals surface area (Å²) in [6, 6.07) is 6.25. The number of alkyl halides is 2. The lowest BCUT2D eigenvalue weighted by Gasteiger charge is -2.27. The van der Waals surface area contributed by atoms with Crippen LogP contribution in [0.2, 0.25) is 0 Å². The highest BCUT2D eigenvalue weighted by molar-refractivity contribution is 8.00. The van der Waals surface area contributed by atoms with Crippen molar-refractivity contribution in [2.45, 2.75) is 49.8 Å². The SMILES string of the molecule is CC(F)(F)c1ccc(C2CCCN2c2ncnc(NCC3CCCS3)c2F)cc1. The zero-order chi connectivity index (χ0) is 20.4. The zero-order valence-electron chi connectivity index (χ0n) is 16.4. The van der Waals surface area contributed by atoms with E-state index in [4.69, 9.17) is 0 Å². The number of benzene rings is 1. The van der Waals surface area contributed by atoms with Crippen molar-refractivity contribution < 1.29 is 13.2 Å². The molecule has 0 aliphatic carbocycles. The summed E-state index contributed by atoms with van der Waals surface area (Å²) < 4.78 is 42.2. The number of hydrogen-bond donors (Lipinski definition) is 1. The van der Waals surface area contributed by atoms with Gasteiger partial charge in [-0.1, -0.05) is 24.3 Å². The Morgan fingerprint density at radius 3 is 2.66 bits per heavy atom. The van der Waals surface area contributed by atoms with Crippen LogP contribution in [-0.4, -0.2) is 34.1 Å². The first-order valence-electron chi connectivity index (χ1n) is 10.0. The number of nitrogens with one attached hydrogen (secondary N) is 1. The molecule has 1 N–H and O–H groups in total. The molecule has 2 saturated heterocycles. The van der Waals surface area contributed by atoms with Crippen LogP contribution in [-0.2, 0) is 5.92 Å². The fourth-order valence-corrected chi connectivity index (χ4v) is 5.27. The minimum absolute atomic E-state index is 0.0183. The van der Waals surface area contributed by atoms with E-state index in [1.165, 1.54) is 24.9 Å². The molecule has 4 nitrogen and oxygen atoms in total. The van der Waals surface area contributed by atoms with Crippen LogP contribution < -0.4 is 10.2 Å². The van der Waals surface area contributed by atoms with Crippen LogP contribution in [0.25, 0.3) is 0 Å². The Morgan fingerprint density at radius 1 is 1.17 bits per heavy atom. The summed E-state index contributed by atoms with van der Waals surface area (Å²) >= 11 is 1.91. The molecule has 1 aromatic heterocycles. The fraction of sp³-hybridized carbons (Fsp3) is 0.524. The van der Waals surface area contributed by atoms with Crippen LogP contribution in [0.3, 0.4) is 0 Å². The fourth-order valence-electron chi connectivity index (χ4n) is 4.06. The molecule has 2 aromatic rings. The molecular formula is C21H25F3N4S. The topological polar surface area (TPSA) is 41.1 Å². The van der Waals surface area contributed by atoms with Crippen LogP contribution >= 0.6 is 11.8 Å². The smallest absolute Gasteiger partial charge is 0.270 e. The summed E-state index contributed by atoms with van der Waals surface area (Å²) in [7, 11) is 0. The van der Waals surface area contributed by atoms with Crippen molar-refractivity contribution in [3.05, 3.63) is 47.5 Å². The number of anilines is 2. The molecule has 3 heterocycles. The van der Waals surface area contributed by atoms with Crippen LogP contribution in [0.15, 0.2) is 30.6 Å². The lowest BCUT2D eigenvalue weighted by Crippen LogP contribution is -2.26. The van der Waals surface area contributed by atoms with Crippen molar-refractivity contribution in [2.24, 2.45) is 0 Å². The Bertz CT molecular complexity index is 835. The van der Waals surface area contributed by atoms with Gasteiger partial charge in [-0.15, -0.1) is 0 Å². The zero-order valence-corrected chi connectivity index (χ0v) is 17.2. The third-order valence-electron chi connectivity index (χ3n) is 5.62. The van der Waals surface area contributed by atoms with E-state index in [-0.39, 0.29) is 23.2 Å². The molecule has 8 heteroatoms. The number of hydrogen-bond acceptors (Lipinski definition) is 5. The van der Waals surface area contributed by atoms with Gasteiger partial charge in [-0.25, -0.2) is 18.7 Å². The standard InChI is InChI=1S/C21H25F3N4S/c1-21(23,24)15-8-6-14(7-9-15)17-5-2-10-28(17)20-18(22)19(26-13-27-20)25-12-16-4-3-11-29-16/h6-9,13,16-17H,2-5,10-12H2,1H3,(H,25,26,27). The molecule has 29 heavy (non-hydrogen) atoms. The summed E-state index contributed by atoms with van der Waals surface area (Å²) in [6.07, 6.45) is 5.44. The van der Waals surface area contributed by atoms with Gasteiger partial charge in [-0.05, 0) is 37.0 Å². The van der Waals surface area contributed by atoms with Gasteiger partial charge in [0.25, 0.3) is 5.92 Å². The molecule has 2 aliphatic heterocycles. The number of halogens is 3. The summed E-state index contributed by atoms with van der Waals surface area (Å²) in [5.74, 6) is -1.66. The van der Waals surface area contributed by atoms with E-state index in [0.717, 1.165) is 37.5 Å². The molecule has 156 valence electrons. The minimum atomic E-state index is -2.87. The van der Waals surface area contributed by atoms with E-state index in [1.807, 2.05) is 16.7 Å². The summed E-state index contributed by atoms with van der Waals surface area (Å²) in [4.78, 5) is 10.2. The van der Waals surface area contributed by atoms with Crippen molar-refractivity contribution >= 4 is 23.4 Å². The third-order valence-corrected chi connectivity index (χ3v) is 7.02. The van der Waals surface area contributed by atoms with E-state index in [0.29, 0.717) is 18.3 Å². The largest absolute Gasteiger partial charge is 0.366 e. The van der Waals surface area contributed by atoms with E-state index >= 15 is 4.39 Å². The summed E-state index contributed by atoms with van der Waals surface area (Å²) in [5.41, 5.74) is 0.876. The molecule has 2 atom stereocenters. The molecule has 2 unspecified atom stereocenters. The van der Waals surface area contributed by atoms with Gasteiger partial charge in [-0.2, -0.15) is 16.2 Å². The normalized spacial score (nSPS) is 22.3. The molecule has 2 fully saturated rings. The number of rotatable bonds is 6. The summed E-state index contributed by atoms with van der Waals surface area (Å²) in [5, 5.41) is 3.63. The van der Waals surface area contributed by atoms with E-state index in [2.05, 4.69) is 15.3 Å². The molecule has 4 rings (SSSR count). The number of thioether (sulfide) groups is 1. The lowest BCUT2D eigenvalue weighted by atomic mass is 10.0. The van der Waals surface area contributed by atoms with Crippen LogP contribution in [0.5, 0.6) is 0 Å². The average molecular weight is 423 g/mol. The van der Waals surface area contributed by atoms with E-state index in [9.17, 15) is 8.78 Å². The minimum Gasteiger partial charge on any atom is -0.366 e. The van der Waals surface area contributed by atoms with Crippen molar-refractivity contribution in [3.8, 4) is 0 Å². The van der Waals surface area contributed by atoms with Crippen LogP contribution in [0.1, 0.15) is 49.8 Å². The predicted molar refractivity (Wildman–Crippen MR) is 111 cm³/mol. The molecule has 0 saturated carbocycles. The highest BCUT2D eigenvalue weighted by atomic mass is 32.2. The van der Waals surface area contributed by atoms with E-state index < -0.39 is 11.7 Å². The van der Waals surface area contributed by atoms with Crippen molar-refractivity contribution in [3.63, 3.8) is 0 Å². The molecule has 0 radical (unpaired) electrons. The molecule has 0 amide bonds.